The summed E-state index contributed by atoms with van der Waals surface area (Å²) in [5.74, 6) is 1.36. The van der Waals surface area contributed by atoms with E-state index in [1.807, 2.05) is 17.8 Å². The normalized spacial score (nSPS) is 22.0. The predicted molar refractivity (Wildman–Crippen MR) is 87.2 cm³/mol. The van der Waals surface area contributed by atoms with Gasteiger partial charge in [0.2, 0.25) is 0 Å². The average molecular weight is 380 g/mol. The molecule has 1 aliphatic carbocycles. The quantitative estimate of drug-likeness (QED) is 0.733. The molecule has 2 unspecified atom stereocenters. The minimum Gasteiger partial charge on any atom is -0.434 e. The lowest BCUT2D eigenvalue weighted by Gasteiger charge is -2.21. The highest BCUT2D eigenvalue weighted by Crippen LogP contribution is 2.31. The van der Waals surface area contributed by atoms with Crippen LogP contribution in [0.4, 0.5) is 8.78 Å². The largest absolute Gasteiger partial charge is 0.434 e. The Morgan fingerprint density at radius 3 is 2.95 bits per heavy atom. The fraction of sp³-hybridized carbons (Fsp3) is 0.600. The van der Waals surface area contributed by atoms with E-state index in [9.17, 15) is 8.78 Å². The van der Waals surface area contributed by atoms with Gasteiger partial charge in [-0.2, -0.15) is 20.5 Å². The maximum Gasteiger partial charge on any atom is 0.387 e. The maximum atomic E-state index is 12.4. The van der Waals surface area contributed by atoms with Gasteiger partial charge >= 0.3 is 6.61 Å². The van der Waals surface area contributed by atoms with Gasteiger partial charge in [-0.1, -0.05) is 29.3 Å². The number of hydrogen-bond acceptors (Lipinski definition) is 3. The Hall–Kier alpha value is -0.330. The van der Waals surface area contributed by atoms with Crippen LogP contribution in [-0.2, 0) is 6.54 Å². The topological polar surface area (TPSA) is 21.3 Å². The molecule has 0 radical (unpaired) electrons. The molecule has 118 valence electrons. The van der Waals surface area contributed by atoms with E-state index in [4.69, 9.17) is 0 Å². The number of halogens is 3. The monoisotopic (exact) mass is 379 g/mol. The van der Waals surface area contributed by atoms with Crippen molar-refractivity contribution < 1.29 is 13.5 Å². The second kappa shape index (κ2) is 8.34. The molecule has 0 aliphatic heterocycles. The highest BCUT2D eigenvalue weighted by molar-refractivity contribution is 9.10. The minimum absolute atomic E-state index is 0.249. The van der Waals surface area contributed by atoms with Crippen molar-refractivity contribution in [3.8, 4) is 5.75 Å². The molecule has 21 heavy (non-hydrogen) atoms. The Bertz CT molecular complexity index is 461. The summed E-state index contributed by atoms with van der Waals surface area (Å²) >= 11 is 5.35. The summed E-state index contributed by atoms with van der Waals surface area (Å²) in [7, 11) is 0. The van der Waals surface area contributed by atoms with Crippen molar-refractivity contribution in [2.24, 2.45) is 0 Å². The number of hydrogen-bond donors (Lipinski definition) is 1. The molecule has 2 rings (SSSR count). The van der Waals surface area contributed by atoms with Gasteiger partial charge in [0.1, 0.15) is 5.75 Å². The van der Waals surface area contributed by atoms with Crippen LogP contribution in [0.1, 0.15) is 31.7 Å². The van der Waals surface area contributed by atoms with Crippen LogP contribution in [0.15, 0.2) is 22.7 Å². The summed E-state index contributed by atoms with van der Waals surface area (Å²) in [6.45, 7) is -0.0737. The van der Waals surface area contributed by atoms with Crippen LogP contribution in [0.5, 0.6) is 5.75 Å². The molecular weight excluding hydrogens is 360 g/mol. The minimum atomic E-state index is -2.79. The summed E-state index contributed by atoms with van der Waals surface area (Å²) < 4.78 is 30.4. The first-order valence-corrected chi connectivity index (χ1v) is 9.02. The Morgan fingerprint density at radius 1 is 1.43 bits per heavy atom. The van der Waals surface area contributed by atoms with Gasteiger partial charge in [0.15, 0.2) is 0 Å². The van der Waals surface area contributed by atoms with Gasteiger partial charge in [-0.15, -0.1) is 0 Å². The molecule has 0 heterocycles. The van der Waals surface area contributed by atoms with E-state index in [1.54, 1.807) is 12.1 Å². The molecule has 0 spiro atoms. The molecule has 1 aliphatic rings. The smallest absolute Gasteiger partial charge is 0.387 e. The van der Waals surface area contributed by atoms with Gasteiger partial charge in [-0.05, 0) is 36.8 Å². The molecule has 1 aromatic carbocycles. The lowest BCUT2D eigenvalue weighted by molar-refractivity contribution is -0.0505. The highest BCUT2D eigenvalue weighted by Gasteiger charge is 2.26. The summed E-state index contributed by atoms with van der Waals surface area (Å²) in [6, 6.07) is 5.59. The highest BCUT2D eigenvalue weighted by atomic mass is 79.9. The Kier molecular flexibility index (Phi) is 6.76. The van der Waals surface area contributed by atoms with Crippen LogP contribution >= 0.6 is 27.7 Å². The molecule has 1 aromatic rings. The Balaban J connectivity index is 2.00. The van der Waals surface area contributed by atoms with Gasteiger partial charge in [-0.25, -0.2) is 0 Å². The molecule has 0 saturated heterocycles. The van der Waals surface area contributed by atoms with E-state index in [1.165, 1.54) is 12.8 Å². The van der Waals surface area contributed by atoms with Crippen LogP contribution in [0.25, 0.3) is 0 Å². The summed E-state index contributed by atoms with van der Waals surface area (Å²) in [4.78, 5) is 0. The van der Waals surface area contributed by atoms with Crippen molar-refractivity contribution in [1.29, 1.82) is 0 Å². The molecule has 1 fully saturated rings. The lowest BCUT2D eigenvalue weighted by atomic mass is 10.1. The summed E-state index contributed by atoms with van der Waals surface area (Å²) in [6.07, 6.45) is 3.61. The first-order valence-electron chi connectivity index (χ1n) is 7.18. The number of alkyl halides is 2. The Morgan fingerprint density at radius 2 is 2.24 bits per heavy atom. The number of nitrogens with one attached hydrogen (secondary N) is 1. The van der Waals surface area contributed by atoms with E-state index in [2.05, 4.69) is 32.9 Å². The van der Waals surface area contributed by atoms with Crippen LogP contribution in [0, 0.1) is 0 Å². The summed E-state index contributed by atoms with van der Waals surface area (Å²) in [5.41, 5.74) is 0.761. The van der Waals surface area contributed by atoms with Gasteiger partial charge in [-0.3, -0.25) is 0 Å². The van der Waals surface area contributed by atoms with E-state index >= 15 is 0 Å². The Labute approximate surface area is 137 Å². The SMILES string of the molecule is CCSC1CCCC1NCc1cc(Br)ccc1OC(F)F. The zero-order valence-corrected chi connectivity index (χ0v) is 14.4. The third kappa shape index (κ3) is 5.11. The van der Waals surface area contributed by atoms with Crippen molar-refractivity contribution in [3.05, 3.63) is 28.2 Å². The van der Waals surface area contributed by atoms with Crippen LogP contribution < -0.4 is 10.1 Å². The van der Waals surface area contributed by atoms with E-state index < -0.39 is 6.61 Å². The van der Waals surface area contributed by atoms with Crippen LogP contribution in [0.2, 0.25) is 0 Å². The molecule has 2 atom stereocenters. The molecule has 1 N–H and O–H groups in total. The van der Waals surface area contributed by atoms with E-state index in [0.717, 1.165) is 22.2 Å². The van der Waals surface area contributed by atoms with Crippen molar-refractivity contribution in [3.63, 3.8) is 0 Å². The van der Waals surface area contributed by atoms with E-state index in [0.29, 0.717) is 17.8 Å². The van der Waals surface area contributed by atoms with Crippen LogP contribution in [0.3, 0.4) is 0 Å². The molecule has 2 nitrogen and oxygen atoms in total. The van der Waals surface area contributed by atoms with Gasteiger partial charge < -0.3 is 10.1 Å². The van der Waals surface area contributed by atoms with Gasteiger partial charge in [0.25, 0.3) is 0 Å². The summed E-state index contributed by atoms with van der Waals surface area (Å²) in [5, 5.41) is 4.13. The van der Waals surface area contributed by atoms with Crippen molar-refractivity contribution in [2.45, 2.75) is 50.6 Å². The second-order valence-corrected chi connectivity index (χ2v) is 7.47. The van der Waals surface area contributed by atoms with E-state index in [-0.39, 0.29) is 5.75 Å². The number of rotatable bonds is 7. The first kappa shape index (κ1) is 17.0. The second-order valence-electron chi connectivity index (χ2n) is 5.04. The zero-order chi connectivity index (χ0) is 15.2. The zero-order valence-electron chi connectivity index (χ0n) is 12.0. The molecule has 6 heteroatoms. The number of thioether (sulfide) groups is 1. The molecule has 0 bridgehead atoms. The molecule has 1 saturated carbocycles. The third-order valence-corrected chi connectivity index (χ3v) is 5.45. The standard InChI is InChI=1S/C15H20BrF2NOS/c1-2-21-14-5-3-4-12(14)19-9-10-8-11(16)6-7-13(10)20-15(17)18/h6-8,12,14-15,19H,2-5,9H2,1H3. The van der Waals surface area contributed by atoms with Gasteiger partial charge in [0, 0.05) is 27.9 Å². The van der Waals surface area contributed by atoms with Crippen molar-refractivity contribution in [1.82, 2.24) is 5.32 Å². The van der Waals surface area contributed by atoms with Crippen molar-refractivity contribution >= 4 is 27.7 Å². The fourth-order valence-corrected chi connectivity index (χ4v) is 4.35. The molecular formula is C15H20BrF2NOS. The fourth-order valence-electron chi connectivity index (χ4n) is 2.71. The predicted octanol–water partition coefficient (Wildman–Crippen LogP) is 4.81. The lowest BCUT2D eigenvalue weighted by Crippen LogP contribution is -2.33. The average Bonchev–Trinajstić information content (AvgIpc) is 2.86. The number of ether oxygens (including phenoxy) is 1. The maximum absolute atomic E-state index is 12.4. The number of benzene rings is 1. The molecule has 0 aromatic heterocycles. The van der Waals surface area contributed by atoms with Crippen molar-refractivity contribution in [2.75, 3.05) is 5.75 Å². The molecule has 0 amide bonds. The van der Waals surface area contributed by atoms with Crippen LogP contribution in [-0.4, -0.2) is 23.7 Å². The first-order chi connectivity index (χ1) is 10.1. The van der Waals surface area contributed by atoms with Gasteiger partial charge in [0.05, 0.1) is 0 Å². The third-order valence-electron chi connectivity index (χ3n) is 3.63.